The van der Waals surface area contributed by atoms with Gasteiger partial charge in [0.15, 0.2) is 5.69 Å². The Bertz CT molecular complexity index is 697. The van der Waals surface area contributed by atoms with Gasteiger partial charge in [-0.25, -0.2) is 4.63 Å². The Morgan fingerprint density at radius 2 is 2.29 bits per heavy atom. The zero-order valence-electron chi connectivity index (χ0n) is 14.1. The van der Waals surface area contributed by atoms with E-state index in [0.29, 0.717) is 18.8 Å². The number of rotatable bonds is 5. The second-order valence-corrected chi connectivity index (χ2v) is 5.77. The molecule has 2 atom stereocenters. The molecule has 9 heteroatoms. The molecule has 3 heterocycles. The summed E-state index contributed by atoms with van der Waals surface area (Å²) in [5.74, 6) is -0.310. The molecule has 1 amide bonds. The highest BCUT2D eigenvalue weighted by molar-refractivity contribution is 5.92. The summed E-state index contributed by atoms with van der Waals surface area (Å²) in [7, 11) is 1.91. The van der Waals surface area contributed by atoms with Gasteiger partial charge >= 0.3 is 0 Å². The predicted octanol–water partition coefficient (Wildman–Crippen LogP) is 0.303. The molecule has 1 fully saturated rings. The number of amides is 1. The molecule has 9 nitrogen and oxygen atoms in total. The van der Waals surface area contributed by atoms with E-state index in [-0.39, 0.29) is 23.7 Å². The van der Waals surface area contributed by atoms with Crippen molar-refractivity contribution in [2.75, 3.05) is 26.2 Å². The third-order valence-corrected chi connectivity index (χ3v) is 4.36. The van der Waals surface area contributed by atoms with E-state index >= 15 is 0 Å². The number of aromatic nitrogens is 4. The minimum absolute atomic E-state index is 0.0353. The summed E-state index contributed by atoms with van der Waals surface area (Å²) in [6, 6.07) is 2.02. The lowest BCUT2D eigenvalue weighted by Crippen LogP contribution is -2.50. The molecule has 2 aromatic heterocycles. The van der Waals surface area contributed by atoms with Crippen molar-refractivity contribution in [3.8, 4) is 0 Å². The summed E-state index contributed by atoms with van der Waals surface area (Å²) in [4.78, 5) is 14.6. The molecule has 1 aliphatic rings. The number of likely N-dealkylation sites (N-methyl/N-ethyl adjacent to an activating group) is 1. The lowest BCUT2D eigenvalue weighted by atomic mass is 10.0. The summed E-state index contributed by atoms with van der Waals surface area (Å²) >= 11 is 0. The average molecular weight is 334 g/mol. The first kappa shape index (κ1) is 16.6. The molecule has 2 aromatic rings. The topological polar surface area (TPSA) is 98.3 Å². The Morgan fingerprint density at radius 3 is 2.92 bits per heavy atom. The zero-order chi connectivity index (χ0) is 17.1. The summed E-state index contributed by atoms with van der Waals surface area (Å²) in [5.41, 5.74) is 1.74. The van der Waals surface area contributed by atoms with E-state index in [1.54, 1.807) is 13.1 Å². The number of nitrogens with one attached hydrogen (secondary N) is 1. The van der Waals surface area contributed by atoms with E-state index in [1.807, 2.05) is 17.8 Å². The fourth-order valence-corrected chi connectivity index (χ4v) is 3.08. The van der Waals surface area contributed by atoms with Crippen molar-refractivity contribution < 1.29 is 14.2 Å². The largest absolute Gasteiger partial charge is 0.373 e. The van der Waals surface area contributed by atoms with Crippen molar-refractivity contribution in [3.63, 3.8) is 0 Å². The smallest absolute Gasteiger partial charge is 0.275 e. The van der Waals surface area contributed by atoms with Crippen molar-refractivity contribution in [1.29, 1.82) is 0 Å². The SMILES string of the molecule is CCN1CCO[C@@H](CNC(=O)c2nonc2C)[C@@H]1c1ccnn1C. The highest BCUT2D eigenvalue weighted by Gasteiger charge is 2.35. The van der Waals surface area contributed by atoms with Gasteiger partial charge in [0.1, 0.15) is 5.69 Å². The number of nitrogens with zero attached hydrogens (tertiary/aromatic N) is 5. The number of aryl methyl sites for hydroxylation is 2. The molecule has 0 radical (unpaired) electrons. The fourth-order valence-electron chi connectivity index (χ4n) is 3.08. The van der Waals surface area contributed by atoms with Crippen LogP contribution in [-0.2, 0) is 11.8 Å². The first-order valence-electron chi connectivity index (χ1n) is 8.02. The van der Waals surface area contributed by atoms with Crippen LogP contribution in [0.3, 0.4) is 0 Å². The lowest BCUT2D eigenvalue weighted by molar-refractivity contribution is -0.0709. The molecule has 0 aliphatic carbocycles. The Labute approximate surface area is 139 Å². The van der Waals surface area contributed by atoms with Crippen LogP contribution in [0.25, 0.3) is 0 Å². The molecule has 24 heavy (non-hydrogen) atoms. The van der Waals surface area contributed by atoms with E-state index in [0.717, 1.165) is 18.8 Å². The Kier molecular flexibility index (Phi) is 4.91. The van der Waals surface area contributed by atoms with Gasteiger partial charge in [-0.15, -0.1) is 0 Å². The monoisotopic (exact) mass is 334 g/mol. The molecule has 1 saturated heterocycles. The number of ether oxygens (including phenoxy) is 1. The van der Waals surface area contributed by atoms with E-state index in [9.17, 15) is 4.79 Å². The first-order valence-corrected chi connectivity index (χ1v) is 8.02. The van der Waals surface area contributed by atoms with E-state index < -0.39 is 0 Å². The lowest BCUT2D eigenvalue weighted by Gasteiger charge is -2.40. The van der Waals surface area contributed by atoms with Gasteiger partial charge in [0.25, 0.3) is 5.91 Å². The molecule has 0 aromatic carbocycles. The van der Waals surface area contributed by atoms with Crippen LogP contribution in [0.2, 0.25) is 0 Å². The van der Waals surface area contributed by atoms with Crippen LogP contribution in [0.15, 0.2) is 16.9 Å². The van der Waals surface area contributed by atoms with Crippen LogP contribution in [0.1, 0.15) is 34.8 Å². The first-order chi connectivity index (χ1) is 11.6. The summed E-state index contributed by atoms with van der Waals surface area (Å²) in [5, 5.41) is 14.4. The normalized spacial score (nSPS) is 21.8. The van der Waals surface area contributed by atoms with Gasteiger partial charge in [0, 0.05) is 26.3 Å². The van der Waals surface area contributed by atoms with Gasteiger partial charge in [-0.1, -0.05) is 12.1 Å². The highest BCUT2D eigenvalue weighted by atomic mass is 16.6. The summed E-state index contributed by atoms with van der Waals surface area (Å²) < 4.78 is 12.4. The van der Waals surface area contributed by atoms with Crippen molar-refractivity contribution in [2.24, 2.45) is 7.05 Å². The van der Waals surface area contributed by atoms with E-state index in [1.165, 1.54) is 0 Å². The highest BCUT2D eigenvalue weighted by Crippen LogP contribution is 2.28. The van der Waals surface area contributed by atoms with Crippen LogP contribution >= 0.6 is 0 Å². The van der Waals surface area contributed by atoms with Crippen LogP contribution in [0.5, 0.6) is 0 Å². The van der Waals surface area contributed by atoms with E-state index in [2.05, 4.69) is 37.2 Å². The van der Waals surface area contributed by atoms with Gasteiger partial charge in [0.2, 0.25) is 0 Å². The maximum absolute atomic E-state index is 12.2. The van der Waals surface area contributed by atoms with Crippen LogP contribution in [0.4, 0.5) is 0 Å². The number of carbonyl (C=O) groups excluding carboxylic acids is 1. The van der Waals surface area contributed by atoms with Gasteiger partial charge in [-0.3, -0.25) is 14.4 Å². The van der Waals surface area contributed by atoms with Gasteiger partial charge in [-0.05, 0) is 24.7 Å². The van der Waals surface area contributed by atoms with Crippen molar-refractivity contribution >= 4 is 5.91 Å². The van der Waals surface area contributed by atoms with Crippen LogP contribution in [-0.4, -0.2) is 63.2 Å². The fraction of sp³-hybridized carbons (Fsp3) is 0.600. The quantitative estimate of drug-likeness (QED) is 0.840. The number of carbonyl (C=O) groups is 1. The minimum atomic E-state index is -0.310. The van der Waals surface area contributed by atoms with Crippen molar-refractivity contribution in [1.82, 2.24) is 30.3 Å². The third kappa shape index (κ3) is 3.17. The zero-order valence-corrected chi connectivity index (χ0v) is 14.1. The molecule has 1 N–H and O–H groups in total. The molecule has 1 aliphatic heterocycles. The number of hydrogen-bond acceptors (Lipinski definition) is 7. The number of hydrogen-bond donors (Lipinski definition) is 1. The van der Waals surface area contributed by atoms with Gasteiger partial charge in [-0.2, -0.15) is 5.10 Å². The molecule has 0 saturated carbocycles. The second-order valence-electron chi connectivity index (χ2n) is 5.77. The summed E-state index contributed by atoms with van der Waals surface area (Å²) in [6.45, 7) is 6.55. The van der Waals surface area contributed by atoms with Crippen LogP contribution < -0.4 is 5.32 Å². The number of morpholine rings is 1. The molecule has 0 spiro atoms. The van der Waals surface area contributed by atoms with Crippen LogP contribution in [0, 0.1) is 6.92 Å². The molecular formula is C15H22N6O3. The van der Waals surface area contributed by atoms with Crippen molar-refractivity contribution in [3.05, 3.63) is 29.3 Å². The third-order valence-electron chi connectivity index (χ3n) is 4.36. The van der Waals surface area contributed by atoms with Gasteiger partial charge in [0.05, 0.1) is 24.4 Å². The second kappa shape index (κ2) is 7.10. The molecule has 0 unspecified atom stereocenters. The summed E-state index contributed by atoms with van der Waals surface area (Å²) in [6.07, 6.45) is 1.61. The van der Waals surface area contributed by atoms with E-state index in [4.69, 9.17) is 4.74 Å². The molecular weight excluding hydrogens is 312 g/mol. The predicted molar refractivity (Wildman–Crippen MR) is 84.3 cm³/mol. The standard InChI is InChI=1S/C15H22N6O3/c1-4-21-7-8-23-12(14(21)11-5-6-17-20(11)3)9-16-15(22)13-10(2)18-24-19-13/h5-6,12,14H,4,7-9H2,1-3H3,(H,16,22)/t12-,14-/m0/s1. The van der Waals surface area contributed by atoms with Gasteiger partial charge < -0.3 is 10.1 Å². The molecule has 3 rings (SSSR count). The van der Waals surface area contributed by atoms with Crippen molar-refractivity contribution in [2.45, 2.75) is 26.0 Å². The maximum Gasteiger partial charge on any atom is 0.275 e. The minimum Gasteiger partial charge on any atom is -0.373 e. The maximum atomic E-state index is 12.2. The Morgan fingerprint density at radius 1 is 1.46 bits per heavy atom. The molecule has 130 valence electrons. The average Bonchev–Trinajstić information content (AvgIpc) is 3.20. The Hall–Kier alpha value is -2.26. The Balaban J connectivity index is 1.73. The molecule has 0 bridgehead atoms.